The summed E-state index contributed by atoms with van der Waals surface area (Å²) in [5, 5.41) is 5.96. The summed E-state index contributed by atoms with van der Waals surface area (Å²) in [5.74, 6) is 0.630. The molecule has 2 unspecified atom stereocenters. The second kappa shape index (κ2) is 10.1. The average Bonchev–Trinajstić information content (AvgIpc) is 3.15. The molecule has 36 heavy (non-hydrogen) atoms. The van der Waals surface area contributed by atoms with Gasteiger partial charge in [-0.3, -0.25) is 0 Å². The quantitative estimate of drug-likeness (QED) is 0.515. The molecule has 2 aromatic carbocycles. The van der Waals surface area contributed by atoms with E-state index in [9.17, 15) is 9.59 Å². The van der Waals surface area contributed by atoms with Gasteiger partial charge in [-0.05, 0) is 67.9 Å². The maximum absolute atomic E-state index is 12.4. The molecule has 0 radical (unpaired) electrons. The Hall–Kier alpha value is -3.06. The second-order valence-corrected chi connectivity index (χ2v) is 10.6. The van der Waals surface area contributed by atoms with Crippen molar-refractivity contribution in [2.45, 2.75) is 81.5 Å². The summed E-state index contributed by atoms with van der Waals surface area (Å²) in [6.07, 6.45) is 9.86. The van der Waals surface area contributed by atoms with Gasteiger partial charge in [0.2, 0.25) is 0 Å². The second-order valence-electron chi connectivity index (χ2n) is 10.6. The molecule has 2 aromatic rings. The van der Waals surface area contributed by atoms with Crippen molar-refractivity contribution >= 4 is 23.7 Å². The average molecular weight is 490 g/mol. The van der Waals surface area contributed by atoms with Gasteiger partial charge in [0.05, 0.1) is 25.2 Å². The third-order valence-corrected chi connectivity index (χ3v) is 8.32. The van der Waals surface area contributed by atoms with Gasteiger partial charge in [-0.2, -0.15) is 0 Å². The molecule has 2 amide bonds. The number of ether oxygens (including phenoxy) is 2. The van der Waals surface area contributed by atoms with E-state index in [1.54, 1.807) is 0 Å². The van der Waals surface area contributed by atoms with Crippen LogP contribution in [-0.4, -0.2) is 43.7 Å². The molecule has 7 nitrogen and oxygen atoms in total. The number of anilines is 2. The first-order valence-electron chi connectivity index (χ1n) is 13.5. The molecule has 2 heterocycles. The van der Waals surface area contributed by atoms with Crippen molar-refractivity contribution in [1.82, 2.24) is 5.32 Å². The van der Waals surface area contributed by atoms with Crippen molar-refractivity contribution in [2.75, 3.05) is 23.4 Å². The minimum absolute atomic E-state index is 0.0565. The molecule has 3 fully saturated rings. The summed E-state index contributed by atoms with van der Waals surface area (Å²) < 4.78 is 11.8. The number of benzene rings is 2. The lowest BCUT2D eigenvalue weighted by Crippen LogP contribution is -2.42. The lowest BCUT2D eigenvalue weighted by molar-refractivity contribution is -0.109. The third-order valence-electron chi connectivity index (χ3n) is 8.32. The van der Waals surface area contributed by atoms with Crippen molar-refractivity contribution < 1.29 is 19.1 Å². The number of hydrogen-bond donors (Lipinski definition) is 2. The number of carbonyl (C=O) groups is 2. The number of nitrogens with one attached hydrogen (secondary N) is 2. The van der Waals surface area contributed by atoms with Crippen LogP contribution < -0.4 is 20.3 Å². The summed E-state index contributed by atoms with van der Waals surface area (Å²) in [4.78, 5) is 27.2. The highest BCUT2D eigenvalue weighted by Crippen LogP contribution is 2.52. The molecule has 190 valence electrons. The minimum atomic E-state index is -0.238. The van der Waals surface area contributed by atoms with E-state index in [-0.39, 0.29) is 24.1 Å². The maximum Gasteiger partial charge on any atom is 0.319 e. The van der Waals surface area contributed by atoms with E-state index in [1.807, 2.05) is 18.2 Å². The highest BCUT2D eigenvalue weighted by Gasteiger charge is 2.44. The van der Waals surface area contributed by atoms with Gasteiger partial charge in [-0.1, -0.05) is 18.2 Å². The predicted molar refractivity (Wildman–Crippen MR) is 139 cm³/mol. The van der Waals surface area contributed by atoms with Crippen LogP contribution in [-0.2, 0) is 9.53 Å². The van der Waals surface area contributed by atoms with Crippen LogP contribution in [0.5, 0.6) is 5.75 Å². The molecule has 2 N–H and O–H groups in total. The number of hydrogen-bond acceptors (Lipinski definition) is 5. The van der Waals surface area contributed by atoms with E-state index in [0.717, 1.165) is 86.3 Å². The first-order chi connectivity index (χ1) is 17.7. The van der Waals surface area contributed by atoms with Gasteiger partial charge in [0, 0.05) is 42.4 Å². The maximum atomic E-state index is 12.4. The van der Waals surface area contributed by atoms with E-state index in [1.165, 1.54) is 12.8 Å². The summed E-state index contributed by atoms with van der Waals surface area (Å²) >= 11 is 0. The minimum Gasteiger partial charge on any atom is -0.490 e. The zero-order valence-electron chi connectivity index (χ0n) is 20.7. The van der Waals surface area contributed by atoms with E-state index < -0.39 is 0 Å². The van der Waals surface area contributed by atoms with Gasteiger partial charge in [-0.15, -0.1) is 0 Å². The molecule has 4 aliphatic rings. The monoisotopic (exact) mass is 489 g/mol. The summed E-state index contributed by atoms with van der Waals surface area (Å²) in [6, 6.07) is 14.7. The number of nitrogens with zero attached hydrogens (tertiary/aromatic N) is 1. The van der Waals surface area contributed by atoms with E-state index >= 15 is 0 Å². The van der Waals surface area contributed by atoms with Crippen LogP contribution in [0.3, 0.4) is 0 Å². The SMILES string of the molecule is O=CC1c2ccc(OC3CCOCC3)cc2N(C2CCC2)C1c1ccc(NC(=O)NC2CCC2)cc1. The predicted octanol–water partition coefficient (Wildman–Crippen LogP) is 5.31. The van der Waals surface area contributed by atoms with Gasteiger partial charge >= 0.3 is 6.03 Å². The highest BCUT2D eigenvalue weighted by atomic mass is 16.5. The normalized spacial score (nSPS) is 24.4. The highest BCUT2D eigenvalue weighted by molar-refractivity contribution is 5.89. The topological polar surface area (TPSA) is 79.9 Å². The van der Waals surface area contributed by atoms with Crippen LogP contribution in [0, 0.1) is 0 Å². The number of aldehydes is 1. The van der Waals surface area contributed by atoms with Crippen LogP contribution in [0.15, 0.2) is 42.5 Å². The van der Waals surface area contributed by atoms with E-state index in [2.05, 4.69) is 39.8 Å². The molecule has 7 heteroatoms. The molecule has 6 rings (SSSR count). The van der Waals surface area contributed by atoms with Gasteiger partial charge in [0.25, 0.3) is 0 Å². The molecular formula is C29H35N3O4. The van der Waals surface area contributed by atoms with Crippen molar-refractivity contribution in [3.05, 3.63) is 53.6 Å². The van der Waals surface area contributed by atoms with Crippen LogP contribution in [0.25, 0.3) is 0 Å². The van der Waals surface area contributed by atoms with Crippen LogP contribution >= 0.6 is 0 Å². The molecule has 1 saturated heterocycles. The van der Waals surface area contributed by atoms with E-state index in [4.69, 9.17) is 9.47 Å². The summed E-state index contributed by atoms with van der Waals surface area (Å²) in [7, 11) is 0. The Kier molecular flexibility index (Phi) is 6.57. The largest absolute Gasteiger partial charge is 0.490 e. The first kappa shape index (κ1) is 23.3. The third kappa shape index (κ3) is 4.57. The summed E-state index contributed by atoms with van der Waals surface area (Å²) in [6.45, 7) is 1.48. The fraction of sp³-hybridized carbons (Fsp3) is 0.517. The number of amides is 2. The van der Waals surface area contributed by atoms with Crippen molar-refractivity contribution in [3.8, 4) is 5.75 Å². The number of urea groups is 1. The smallest absolute Gasteiger partial charge is 0.319 e. The van der Waals surface area contributed by atoms with Crippen molar-refractivity contribution in [1.29, 1.82) is 0 Å². The van der Waals surface area contributed by atoms with Crippen molar-refractivity contribution in [3.63, 3.8) is 0 Å². The lowest BCUT2D eigenvalue weighted by atomic mass is 9.87. The van der Waals surface area contributed by atoms with Gasteiger partial charge in [0.1, 0.15) is 18.1 Å². The van der Waals surface area contributed by atoms with Gasteiger partial charge in [-0.25, -0.2) is 4.79 Å². The molecule has 0 bridgehead atoms. The Morgan fingerprint density at radius 2 is 1.72 bits per heavy atom. The molecule has 2 saturated carbocycles. The Morgan fingerprint density at radius 1 is 0.972 bits per heavy atom. The Labute approximate surface area is 212 Å². The van der Waals surface area contributed by atoms with Crippen molar-refractivity contribution in [2.24, 2.45) is 0 Å². The molecule has 0 aromatic heterocycles. The Bertz CT molecular complexity index is 1090. The Balaban J connectivity index is 1.24. The molecule has 2 aliphatic carbocycles. The van der Waals surface area contributed by atoms with Crippen LogP contribution in [0.1, 0.15) is 74.5 Å². The van der Waals surface area contributed by atoms with Gasteiger partial charge < -0.3 is 29.8 Å². The molecule has 2 aliphatic heterocycles. The zero-order valence-corrected chi connectivity index (χ0v) is 20.7. The molecular weight excluding hydrogens is 454 g/mol. The van der Waals surface area contributed by atoms with Crippen LogP contribution in [0.4, 0.5) is 16.2 Å². The van der Waals surface area contributed by atoms with Gasteiger partial charge in [0.15, 0.2) is 0 Å². The number of fused-ring (bicyclic) bond motifs is 1. The molecule has 0 spiro atoms. The first-order valence-corrected chi connectivity index (χ1v) is 13.5. The fourth-order valence-corrected chi connectivity index (χ4v) is 5.85. The lowest BCUT2D eigenvalue weighted by Gasteiger charge is -2.41. The molecule has 2 atom stereocenters. The van der Waals surface area contributed by atoms with E-state index in [0.29, 0.717) is 12.1 Å². The number of carbonyl (C=O) groups excluding carboxylic acids is 2. The standard InChI is InChI=1S/C29H35N3O4/c33-18-26-25-12-11-24(36-23-13-15-35-16-14-23)17-27(25)32(22-5-2-6-22)28(26)19-7-9-21(10-8-19)31-29(34)30-20-3-1-4-20/h7-12,17-18,20,22-23,26,28H,1-6,13-16H2,(H2,30,31,34). The fourth-order valence-electron chi connectivity index (χ4n) is 5.85. The number of rotatable bonds is 7. The summed E-state index contributed by atoms with van der Waals surface area (Å²) in [5.41, 5.74) is 4.04. The zero-order chi connectivity index (χ0) is 24.5. The van der Waals surface area contributed by atoms with Crippen LogP contribution in [0.2, 0.25) is 0 Å². The Morgan fingerprint density at radius 3 is 2.36 bits per heavy atom.